The molecule has 2 rings (SSSR count). The van der Waals surface area contributed by atoms with Crippen LogP contribution in [0.25, 0.3) is 0 Å². The maximum Gasteiger partial charge on any atom is 0.123 e. The van der Waals surface area contributed by atoms with Crippen molar-refractivity contribution in [2.24, 2.45) is 0 Å². The van der Waals surface area contributed by atoms with Crippen molar-refractivity contribution >= 4 is 17.3 Å². The lowest BCUT2D eigenvalue weighted by Crippen LogP contribution is -2.20. The lowest BCUT2D eigenvalue weighted by atomic mass is 10.1. The molecule has 0 saturated carbocycles. The highest BCUT2D eigenvalue weighted by molar-refractivity contribution is 6.31. The molecule has 106 valence electrons. The second kappa shape index (κ2) is 6.73. The van der Waals surface area contributed by atoms with Gasteiger partial charge in [0.05, 0.1) is 0 Å². The molecular weight excluding hydrogens is 275 g/mol. The third-order valence-electron chi connectivity index (χ3n) is 3.19. The minimum Gasteiger partial charge on any atom is -0.370 e. The number of hydrogen-bond donors (Lipinski definition) is 1. The van der Waals surface area contributed by atoms with Crippen LogP contribution in [0.3, 0.4) is 0 Å². The Bertz CT molecular complexity index is 586. The highest BCUT2D eigenvalue weighted by Crippen LogP contribution is 2.24. The number of hydrogen-bond acceptors (Lipinski definition) is 2. The average Bonchev–Trinajstić information content (AvgIpc) is 2.42. The van der Waals surface area contributed by atoms with Gasteiger partial charge in [0, 0.05) is 30.8 Å². The van der Waals surface area contributed by atoms with Gasteiger partial charge in [-0.2, -0.15) is 0 Å². The molecule has 0 saturated heterocycles. The molecule has 0 amide bonds. The molecule has 0 spiro atoms. The van der Waals surface area contributed by atoms with Crippen molar-refractivity contribution in [2.45, 2.75) is 13.1 Å². The summed E-state index contributed by atoms with van der Waals surface area (Å²) in [5.74, 6) is -0.217. The molecule has 4 heteroatoms. The van der Waals surface area contributed by atoms with Gasteiger partial charge in [0.2, 0.25) is 0 Å². The maximum atomic E-state index is 13.4. The Labute approximate surface area is 124 Å². The smallest absolute Gasteiger partial charge is 0.123 e. The molecule has 0 atom stereocenters. The SMILES string of the molecule is CNCc1cc(F)ccc1N(C)Cc1ccccc1Cl. The Hall–Kier alpha value is -1.58. The summed E-state index contributed by atoms with van der Waals surface area (Å²) in [7, 11) is 3.83. The average molecular weight is 293 g/mol. The number of anilines is 1. The van der Waals surface area contributed by atoms with E-state index in [-0.39, 0.29) is 5.82 Å². The molecule has 0 aromatic heterocycles. The van der Waals surface area contributed by atoms with Crippen LogP contribution in [0.2, 0.25) is 5.02 Å². The van der Waals surface area contributed by atoms with E-state index in [1.165, 1.54) is 6.07 Å². The summed E-state index contributed by atoms with van der Waals surface area (Å²) in [5.41, 5.74) is 2.99. The zero-order valence-electron chi connectivity index (χ0n) is 11.7. The van der Waals surface area contributed by atoms with Gasteiger partial charge >= 0.3 is 0 Å². The normalized spacial score (nSPS) is 10.6. The molecule has 0 unspecified atom stereocenters. The second-order valence-electron chi connectivity index (χ2n) is 4.75. The van der Waals surface area contributed by atoms with Crippen LogP contribution in [0.5, 0.6) is 0 Å². The topological polar surface area (TPSA) is 15.3 Å². The first kappa shape index (κ1) is 14.8. The zero-order chi connectivity index (χ0) is 14.5. The highest BCUT2D eigenvalue weighted by atomic mass is 35.5. The number of nitrogens with one attached hydrogen (secondary N) is 1. The van der Waals surface area contributed by atoms with E-state index < -0.39 is 0 Å². The van der Waals surface area contributed by atoms with Crippen LogP contribution in [0.15, 0.2) is 42.5 Å². The van der Waals surface area contributed by atoms with E-state index >= 15 is 0 Å². The predicted octanol–water partition coefficient (Wildman–Crippen LogP) is 3.83. The molecule has 0 aliphatic carbocycles. The minimum atomic E-state index is -0.217. The number of rotatable bonds is 5. The summed E-state index contributed by atoms with van der Waals surface area (Å²) in [5, 5.41) is 3.81. The number of nitrogens with zero attached hydrogens (tertiary/aromatic N) is 1. The molecule has 0 aliphatic rings. The van der Waals surface area contributed by atoms with Gasteiger partial charge in [-0.25, -0.2) is 4.39 Å². The standard InChI is InChI=1S/C16H18ClFN2/c1-19-10-13-9-14(18)7-8-16(13)20(2)11-12-5-3-4-6-15(12)17/h3-9,19H,10-11H2,1-2H3. The molecule has 2 aromatic carbocycles. The van der Waals surface area contributed by atoms with Crippen LogP contribution in [0.4, 0.5) is 10.1 Å². The largest absolute Gasteiger partial charge is 0.370 e. The molecular formula is C16H18ClFN2. The lowest BCUT2D eigenvalue weighted by molar-refractivity contribution is 0.623. The Balaban J connectivity index is 2.25. The lowest BCUT2D eigenvalue weighted by Gasteiger charge is -2.23. The fraction of sp³-hybridized carbons (Fsp3) is 0.250. The molecule has 0 aliphatic heterocycles. The molecule has 0 heterocycles. The first-order valence-corrected chi connectivity index (χ1v) is 6.87. The van der Waals surface area contributed by atoms with Crippen molar-refractivity contribution in [3.8, 4) is 0 Å². The predicted molar refractivity (Wildman–Crippen MR) is 82.7 cm³/mol. The molecule has 20 heavy (non-hydrogen) atoms. The van der Waals surface area contributed by atoms with Gasteiger partial charge in [-0.15, -0.1) is 0 Å². The Morgan fingerprint density at radius 3 is 2.60 bits per heavy atom. The molecule has 2 aromatic rings. The first-order chi connectivity index (χ1) is 9.61. The van der Waals surface area contributed by atoms with Crippen molar-refractivity contribution in [3.05, 3.63) is 64.4 Å². The monoisotopic (exact) mass is 292 g/mol. The zero-order valence-corrected chi connectivity index (χ0v) is 12.4. The van der Waals surface area contributed by atoms with Crippen LogP contribution >= 0.6 is 11.6 Å². The van der Waals surface area contributed by atoms with E-state index in [1.54, 1.807) is 12.1 Å². The maximum absolute atomic E-state index is 13.4. The molecule has 0 fully saturated rings. The van der Waals surface area contributed by atoms with Gasteiger partial charge < -0.3 is 10.2 Å². The van der Waals surface area contributed by atoms with Crippen LogP contribution in [0, 0.1) is 5.82 Å². The van der Waals surface area contributed by atoms with Gasteiger partial charge in [0.15, 0.2) is 0 Å². The summed E-state index contributed by atoms with van der Waals surface area (Å²) < 4.78 is 13.4. The van der Waals surface area contributed by atoms with E-state index in [0.29, 0.717) is 13.1 Å². The van der Waals surface area contributed by atoms with Crippen molar-refractivity contribution < 1.29 is 4.39 Å². The van der Waals surface area contributed by atoms with Gasteiger partial charge in [0.25, 0.3) is 0 Å². The third-order valence-corrected chi connectivity index (χ3v) is 3.55. The van der Waals surface area contributed by atoms with E-state index in [1.807, 2.05) is 38.4 Å². The van der Waals surface area contributed by atoms with E-state index in [0.717, 1.165) is 21.8 Å². The Morgan fingerprint density at radius 2 is 1.90 bits per heavy atom. The van der Waals surface area contributed by atoms with Gasteiger partial charge in [-0.05, 0) is 42.4 Å². The summed E-state index contributed by atoms with van der Waals surface area (Å²) in [6.07, 6.45) is 0. The van der Waals surface area contributed by atoms with Crippen molar-refractivity contribution in [3.63, 3.8) is 0 Å². The summed E-state index contributed by atoms with van der Waals surface area (Å²) in [6, 6.07) is 12.6. The third kappa shape index (κ3) is 3.50. The van der Waals surface area contributed by atoms with Gasteiger partial charge in [-0.1, -0.05) is 29.8 Å². The molecule has 1 N–H and O–H groups in total. The number of benzene rings is 2. The number of halogens is 2. The quantitative estimate of drug-likeness (QED) is 0.901. The summed E-state index contributed by atoms with van der Waals surface area (Å²) >= 11 is 6.18. The van der Waals surface area contributed by atoms with Gasteiger partial charge in [0.1, 0.15) is 5.82 Å². The van der Waals surface area contributed by atoms with E-state index in [9.17, 15) is 4.39 Å². The van der Waals surface area contributed by atoms with Crippen molar-refractivity contribution in [1.29, 1.82) is 0 Å². The van der Waals surface area contributed by atoms with Crippen LogP contribution in [-0.2, 0) is 13.1 Å². The fourth-order valence-corrected chi connectivity index (χ4v) is 2.42. The summed E-state index contributed by atoms with van der Waals surface area (Å²) in [4.78, 5) is 2.08. The Morgan fingerprint density at radius 1 is 1.15 bits per heavy atom. The van der Waals surface area contributed by atoms with Crippen molar-refractivity contribution in [2.75, 3.05) is 19.0 Å². The van der Waals surface area contributed by atoms with Crippen molar-refractivity contribution in [1.82, 2.24) is 5.32 Å². The fourth-order valence-electron chi connectivity index (χ4n) is 2.23. The second-order valence-corrected chi connectivity index (χ2v) is 5.16. The summed E-state index contributed by atoms with van der Waals surface area (Å²) in [6.45, 7) is 1.31. The van der Waals surface area contributed by atoms with Crippen LogP contribution in [-0.4, -0.2) is 14.1 Å². The van der Waals surface area contributed by atoms with Gasteiger partial charge in [-0.3, -0.25) is 0 Å². The molecule has 0 bridgehead atoms. The molecule has 2 nitrogen and oxygen atoms in total. The highest BCUT2D eigenvalue weighted by Gasteiger charge is 2.10. The Kier molecular flexibility index (Phi) is 4.99. The minimum absolute atomic E-state index is 0.217. The van der Waals surface area contributed by atoms with E-state index in [2.05, 4.69) is 10.2 Å². The van der Waals surface area contributed by atoms with E-state index in [4.69, 9.17) is 11.6 Å². The van der Waals surface area contributed by atoms with Crippen LogP contribution < -0.4 is 10.2 Å². The van der Waals surface area contributed by atoms with Crippen LogP contribution in [0.1, 0.15) is 11.1 Å². The molecule has 0 radical (unpaired) electrons. The first-order valence-electron chi connectivity index (χ1n) is 6.49.